The Hall–Kier alpha value is -1.98. The lowest BCUT2D eigenvalue weighted by Gasteiger charge is -2.27. The van der Waals surface area contributed by atoms with E-state index >= 15 is 0 Å². The van der Waals surface area contributed by atoms with Crippen LogP contribution in [-0.4, -0.2) is 22.3 Å². The quantitative estimate of drug-likeness (QED) is 0.236. The number of rotatable bonds is 5. The highest BCUT2D eigenvalue weighted by Gasteiger charge is 2.39. The molecule has 3 aromatic rings. The van der Waals surface area contributed by atoms with E-state index < -0.39 is 11.5 Å². The zero-order valence-corrected chi connectivity index (χ0v) is 18.8. The Morgan fingerprint density at radius 1 is 0.964 bits per heavy atom. The van der Waals surface area contributed by atoms with Gasteiger partial charge in [-0.3, -0.25) is 4.79 Å². The second-order valence-electron chi connectivity index (χ2n) is 5.97. The molecule has 0 heterocycles. The van der Waals surface area contributed by atoms with Gasteiger partial charge in [0.2, 0.25) is 0 Å². The van der Waals surface area contributed by atoms with Gasteiger partial charge in [0.1, 0.15) is 5.75 Å². The SMILES string of the molecule is O=C(NN=Cc1cc(I)cc(I)c1O)C(O)(c1ccccc1)c1ccccc1. The fraction of sp³-hybridized carbons (Fsp3) is 0.0476. The van der Waals surface area contributed by atoms with Crippen LogP contribution in [0.5, 0.6) is 5.75 Å². The predicted octanol–water partition coefficient (Wildman–Crippen LogP) is 3.99. The second kappa shape index (κ2) is 9.01. The highest BCUT2D eigenvalue weighted by atomic mass is 127. The van der Waals surface area contributed by atoms with Crippen LogP contribution in [0.15, 0.2) is 77.9 Å². The number of halogens is 2. The van der Waals surface area contributed by atoms with Crippen LogP contribution < -0.4 is 5.43 Å². The number of hydrazone groups is 1. The van der Waals surface area contributed by atoms with Crippen molar-refractivity contribution >= 4 is 57.3 Å². The van der Waals surface area contributed by atoms with Gasteiger partial charge >= 0.3 is 0 Å². The van der Waals surface area contributed by atoms with Crippen LogP contribution in [0.2, 0.25) is 0 Å². The normalized spacial score (nSPS) is 11.5. The van der Waals surface area contributed by atoms with E-state index in [0.29, 0.717) is 20.3 Å². The summed E-state index contributed by atoms with van der Waals surface area (Å²) in [4.78, 5) is 12.9. The average molecular weight is 598 g/mol. The summed E-state index contributed by atoms with van der Waals surface area (Å²) < 4.78 is 1.61. The maximum absolute atomic E-state index is 12.9. The molecule has 3 rings (SSSR count). The van der Waals surface area contributed by atoms with Gasteiger partial charge in [0.25, 0.3) is 5.91 Å². The minimum atomic E-state index is -1.90. The van der Waals surface area contributed by atoms with Crippen molar-refractivity contribution in [3.05, 3.63) is 96.6 Å². The molecular weight excluding hydrogens is 582 g/mol. The molecule has 3 N–H and O–H groups in total. The number of phenolic OH excluding ortho intramolecular Hbond substituents is 1. The van der Waals surface area contributed by atoms with Crippen molar-refractivity contribution < 1.29 is 15.0 Å². The van der Waals surface area contributed by atoms with Gasteiger partial charge in [-0.25, -0.2) is 5.43 Å². The molecule has 0 unspecified atom stereocenters. The zero-order chi connectivity index (χ0) is 20.1. The molecule has 0 aromatic heterocycles. The average Bonchev–Trinajstić information content (AvgIpc) is 2.72. The van der Waals surface area contributed by atoms with Gasteiger partial charge < -0.3 is 10.2 Å². The summed E-state index contributed by atoms with van der Waals surface area (Å²) in [6.07, 6.45) is 1.36. The van der Waals surface area contributed by atoms with E-state index in [1.165, 1.54) is 6.21 Å². The largest absolute Gasteiger partial charge is 0.506 e. The third-order valence-electron chi connectivity index (χ3n) is 4.14. The van der Waals surface area contributed by atoms with E-state index in [2.05, 4.69) is 33.1 Å². The Bertz CT molecular complexity index is 969. The number of hydrogen-bond donors (Lipinski definition) is 3. The Kier molecular flexibility index (Phi) is 6.68. The Labute approximate surface area is 189 Å². The summed E-state index contributed by atoms with van der Waals surface area (Å²) in [5.74, 6) is -0.610. The van der Waals surface area contributed by atoms with Gasteiger partial charge in [0, 0.05) is 9.13 Å². The lowest BCUT2D eigenvalue weighted by atomic mass is 9.85. The van der Waals surface area contributed by atoms with E-state index in [1.54, 1.807) is 54.6 Å². The van der Waals surface area contributed by atoms with E-state index in [4.69, 9.17) is 0 Å². The van der Waals surface area contributed by atoms with Crippen LogP contribution in [0.3, 0.4) is 0 Å². The van der Waals surface area contributed by atoms with Crippen LogP contribution in [0.25, 0.3) is 0 Å². The Morgan fingerprint density at radius 2 is 1.50 bits per heavy atom. The first-order chi connectivity index (χ1) is 13.4. The van der Waals surface area contributed by atoms with Gasteiger partial charge in [0.15, 0.2) is 5.60 Å². The topological polar surface area (TPSA) is 81.9 Å². The fourth-order valence-corrected chi connectivity index (χ4v) is 4.60. The number of phenols is 1. The maximum Gasteiger partial charge on any atom is 0.281 e. The lowest BCUT2D eigenvalue weighted by molar-refractivity contribution is -0.136. The first-order valence-corrected chi connectivity index (χ1v) is 10.4. The highest BCUT2D eigenvalue weighted by molar-refractivity contribution is 14.1. The molecule has 0 saturated heterocycles. The summed E-state index contributed by atoms with van der Waals surface area (Å²) >= 11 is 4.16. The molecule has 0 fully saturated rings. The van der Waals surface area contributed by atoms with Crippen LogP contribution in [0.1, 0.15) is 16.7 Å². The second-order valence-corrected chi connectivity index (χ2v) is 8.37. The van der Waals surface area contributed by atoms with Crippen LogP contribution in [0, 0.1) is 7.14 Å². The third-order valence-corrected chi connectivity index (χ3v) is 5.58. The van der Waals surface area contributed by atoms with Crippen molar-refractivity contribution in [1.29, 1.82) is 0 Å². The first kappa shape index (κ1) is 20.7. The number of aromatic hydroxyl groups is 1. The van der Waals surface area contributed by atoms with Crippen molar-refractivity contribution in [2.75, 3.05) is 0 Å². The lowest BCUT2D eigenvalue weighted by Crippen LogP contribution is -2.43. The Morgan fingerprint density at radius 3 is 2.04 bits per heavy atom. The van der Waals surface area contributed by atoms with Gasteiger partial charge in [-0.05, 0) is 68.4 Å². The summed E-state index contributed by atoms with van der Waals surface area (Å²) in [6, 6.07) is 21.0. The van der Waals surface area contributed by atoms with Crippen LogP contribution >= 0.6 is 45.2 Å². The summed E-state index contributed by atoms with van der Waals surface area (Å²) in [6.45, 7) is 0. The van der Waals surface area contributed by atoms with E-state index in [-0.39, 0.29) is 5.75 Å². The number of carbonyl (C=O) groups is 1. The number of benzene rings is 3. The minimum absolute atomic E-state index is 0.0837. The smallest absolute Gasteiger partial charge is 0.281 e. The monoisotopic (exact) mass is 598 g/mol. The fourth-order valence-electron chi connectivity index (χ4n) is 2.71. The van der Waals surface area contributed by atoms with Crippen molar-refractivity contribution in [2.45, 2.75) is 5.60 Å². The standard InChI is InChI=1S/C21H16I2N2O3/c22-17-11-14(19(26)18(23)12-17)13-24-25-20(27)21(28,15-7-3-1-4-8-15)16-9-5-2-6-10-16/h1-13,26,28H,(H,25,27). The molecule has 0 bridgehead atoms. The minimum Gasteiger partial charge on any atom is -0.506 e. The molecule has 0 atom stereocenters. The van der Waals surface area contributed by atoms with Crippen molar-refractivity contribution in [1.82, 2.24) is 5.43 Å². The molecule has 0 aliphatic carbocycles. The van der Waals surface area contributed by atoms with Crippen LogP contribution in [-0.2, 0) is 10.4 Å². The zero-order valence-electron chi connectivity index (χ0n) is 14.5. The summed E-state index contributed by atoms with van der Waals surface area (Å²) in [5, 5.41) is 25.4. The molecule has 3 aromatic carbocycles. The molecule has 0 saturated carbocycles. The van der Waals surface area contributed by atoms with Crippen LogP contribution in [0.4, 0.5) is 0 Å². The van der Waals surface area contributed by atoms with Gasteiger partial charge in [0.05, 0.1) is 9.78 Å². The van der Waals surface area contributed by atoms with Gasteiger partial charge in [-0.1, -0.05) is 60.7 Å². The molecule has 5 nitrogen and oxygen atoms in total. The molecule has 0 aliphatic rings. The molecule has 0 spiro atoms. The first-order valence-electron chi connectivity index (χ1n) is 8.28. The van der Waals surface area contributed by atoms with E-state index in [9.17, 15) is 15.0 Å². The number of carbonyl (C=O) groups excluding carboxylic acids is 1. The molecule has 7 heteroatoms. The number of nitrogens with one attached hydrogen (secondary N) is 1. The third kappa shape index (κ3) is 4.36. The summed E-state index contributed by atoms with van der Waals surface area (Å²) in [5.41, 5.74) is 1.83. The molecular formula is C21H16I2N2O3. The maximum atomic E-state index is 12.9. The van der Waals surface area contributed by atoms with Crippen molar-refractivity contribution in [2.24, 2.45) is 5.10 Å². The molecule has 1 amide bonds. The van der Waals surface area contributed by atoms with E-state index in [0.717, 1.165) is 3.57 Å². The predicted molar refractivity (Wildman–Crippen MR) is 125 cm³/mol. The number of hydrogen-bond acceptors (Lipinski definition) is 4. The molecule has 142 valence electrons. The molecule has 28 heavy (non-hydrogen) atoms. The van der Waals surface area contributed by atoms with Gasteiger partial charge in [-0.2, -0.15) is 5.10 Å². The highest BCUT2D eigenvalue weighted by Crippen LogP contribution is 2.30. The molecule has 0 radical (unpaired) electrons. The van der Waals surface area contributed by atoms with Crippen molar-refractivity contribution in [3.63, 3.8) is 0 Å². The van der Waals surface area contributed by atoms with Gasteiger partial charge in [-0.15, -0.1) is 0 Å². The number of aliphatic hydroxyl groups is 1. The number of amides is 1. The van der Waals surface area contributed by atoms with Crippen molar-refractivity contribution in [3.8, 4) is 5.75 Å². The molecule has 0 aliphatic heterocycles. The van der Waals surface area contributed by atoms with E-state index in [1.807, 2.05) is 40.8 Å². The Balaban J connectivity index is 1.91. The number of nitrogens with zero attached hydrogens (tertiary/aromatic N) is 1. The summed E-state index contributed by atoms with van der Waals surface area (Å²) in [7, 11) is 0.